The summed E-state index contributed by atoms with van der Waals surface area (Å²) in [6.45, 7) is 4.68. The number of hydrogen-bond acceptors (Lipinski definition) is 5. The maximum atomic E-state index is 5.06. The van der Waals surface area contributed by atoms with Gasteiger partial charge in [0.2, 0.25) is 0 Å². The molecule has 1 aliphatic carbocycles. The van der Waals surface area contributed by atoms with Crippen molar-refractivity contribution < 1.29 is 0 Å². The minimum Gasteiger partial charge on any atom is -0.308 e. The molecule has 0 bridgehead atoms. The van der Waals surface area contributed by atoms with Crippen LogP contribution in [0.4, 0.5) is 0 Å². The van der Waals surface area contributed by atoms with Gasteiger partial charge in [0.05, 0.1) is 28.1 Å². The summed E-state index contributed by atoms with van der Waals surface area (Å²) in [4.78, 5) is 19.6. The van der Waals surface area contributed by atoms with Gasteiger partial charge in [-0.05, 0) is 94.7 Å². The van der Waals surface area contributed by atoms with Gasteiger partial charge in [0.15, 0.2) is 5.16 Å². The van der Waals surface area contributed by atoms with Gasteiger partial charge in [-0.25, -0.2) is 9.97 Å². The van der Waals surface area contributed by atoms with Gasteiger partial charge >= 0.3 is 0 Å². The van der Waals surface area contributed by atoms with Gasteiger partial charge < -0.3 is 4.57 Å². The topological polar surface area (TPSA) is 56.5 Å². The van der Waals surface area contributed by atoms with Crippen molar-refractivity contribution in [2.45, 2.75) is 29.3 Å². The van der Waals surface area contributed by atoms with Crippen molar-refractivity contribution in [2.24, 2.45) is 0 Å². The first-order valence-electron chi connectivity index (χ1n) is 15.7. The zero-order valence-electron chi connectivity index (χ0n) is 25.9. The molecule has 1 aliphatic rings. The van der Waals surface area contributed by atoms with Crippen LogP contribution in [0.2, 0.25) is 0 Å². The van der Waals surface area contributed by atoms with Crippen LogP contribution in [0.3, 0.4) is 0 Å². The van der Waals surface area contributed by atoms with Gasteiger partial charge in [-0.15, -0.1) is 0 Å². The molecule has 4 heterocycles. The molecule has 5 nitrogen and oxygen atoms in total. The number of aromatic nitrogens is 5. The highest BCUT2D eigenvalue weighted by Gasteiger charge is 2.36. The lowest BCUT2D eigenvalue weighted by Crippen LogP contribution is -2.15. The molecule has 8 aromatic rings. The van der Waals surface area contributed by atoms with Crippen LogP contribution in [-0.2, 0) is 5.41 Å². The zero-order chi connectivity index (χ0) is 31.5. The standard InChI is InChI=1S/C41H29N5S/c1-41(2)32-11-5-3-9-28(32)30-23-31-29-10-4-6-12-36(29)46(38(31)24-33(30)41)37-13-7-8-14-39(37)47-40-44-34(26-15-19-42-20-16-26)25-35(45-40)27-17-21-43-22-18-27/h3-25H,1-2H3. The van der Waals surface area contributed by atoms with Crippen LogP contribution >= 0.6 is 11.8 Å². The zero-order valence-corrected chi connectivity index (χ0v) is 26.7. The maximum absolute atomic E-state index is 5.06. The van der Waals surface area contributed by atoms with E-state index in [1.165, 1.54) is 44.1 Å². The molecule has 4 aromatic heterocycles. The molecule has 6 heteroatoms. The molecule has 224 valence electrons. The Hall–Kier alpha value is -5.59. The van der Waals surface area contributed by atoms with Gasteiger partial charge in [-0.3, -0.25) is 9.97 Å². The molecule has 0 N–H and O–H groups in total. The number of nitrogens with zero attached hydrogens (tertiary/aromatic N) is 5. The number of para-hydroxylation sites is 2. The van der Waals surface area contributed by atoms with E-state index < -0.39 is 0 Å². The number of hydrogen-bond donors (Lipinski definition) is 0. The van der Waals surface area contributed by atoms with Crippen molar-refractivity contribution in [3.8, 4) is 39.3 Å². The van der Waals surface area contributed by atoms with E-state index in [9.17, 15) is 0 Å². The first-order chi connectivity index (χ1) is 23.1. The Labute approximate surface area is 277 Å². The Morgan fingerprint density at radius 1 is 0.553 bits per heavy atom. The van der Waals surface area contributed by atoms with E-state index in [0.29, 0.717) is 5.16 Å². The third kappa shape index (κ3) is 4.48. The van der Waals surface area contributed by atoms with Crippen molar-refractivity contribution >= 4 is 33.6 Å². The number of benzene rings is 4. The third-order valence-electron chi connectivity index (χ3n) is 9.34. The number of pyridine rings is 2. The average molecular weight is 624 g/mol. The quantitative estimate of drug-likeness (QED) is 0.179. The van der Waals surface area contributed by atoms with E-state index in [1.807, 2.05) is 30.3 Å². The summed E-state index contributed by atoms with van der Waals surface area (Å²) in [5.74, 6) is 0. The van der Waals surface area contributed by atoms with Gasteiger partial charge in [-0.1, -0.05) is 68.4 Å². The Balaban J connectivity index is 1.24. The predicted octanol–water partition coefficient (Wildman–Crippen LogP) is 10.2. The Bertz CT molecular complexity index is 2410. The number of rotatable bonds is 5. The predicted molar refractivity (Wildman–Crippen MR) is 191 cm³/mol. The van der Waals surface area contributed by atoms with Gasteiger partial charge in [0.25, 0.3) is 0 Å². The fourth-order valence-electron chi connectivity index (χ4n) is 7.06. The highest BCUT2D eigenvalue weighted by Crippen LogP contribution is 2.51. The molecule has 0 radical (unpaired) electrons. The fourth-order valence-corrected chi connectivity index (χ4v) is 7.96. The largest absolute Gasteiger partial charge is 0.308 e. The summed E-state index contributed by atoms with van der Waals surface area (Å²) >= 11 is 1.59. The first-order valence-corrected chi connectivity index (χ1v) is 16.5. The summed E-state index contributed by atoms with van der Waals surface area (Å²) in [5, 5.41) is 3.17. The van der Waals surface area contributed by atoms with Crippen molar-refractivity contribution in [2.75, 3.05) is 0 Å². The van der Waals surface area contributed by atoms with E-state index >= 15 is 0 Å². The molecular weight excluding hydrogens is 595 g/mol. The van der Waals surface area contributed by atoms with Gasteiger partial charge in [-0.2, -0.15) is 0 Å². The second-order valence-corrected chi connectivity index (χ2v) is 13.4. The smallest absolute Gasteiger partial charge is 0.193 e. The Morgan fingerprint density at radius 2 is 1.19 bits per heavy atom. The van der Waals surface area contributed by atoms with E-state index in [4.69, 9.17) is 9.97 Å². The monoisotopic (exact) mass is 623 g/mol. The second kappa shape index (κ2) is 10.7. The van der Waals surface area contributed by atoms with Crippen molar-refractivity contribution in [1.82, 2.24) is 24.5 Å². The molecule has 4 aromatic carbocycles. The highest BCUT2D eigenvalue weighted by atomic mass is 32.2. The molecule has 0 atom stereocenters. The minimum atomic E-state index is -0.0970. The van der Waals surface area contributed by atoms with Crippen molar-refractivity contribution in [3.05, 3.63) is 151 Å². The van der Waals surface area contributed by atoms with E-state index in [-0.39, 0.29) is 5.41 Å². The normalized spacial score (nSPS) is 13.1. The van der Waals surface area contributed by atoms with E-state index in [2.05, 4.69) is 113 Å². The SMILES string of the molecule is CC1(C)c2ccccc2-c2cc3c4ccccc4n(-c4ccccc4Sc4nc(-c5ccncc5)cc(-c5ccncc5)n4)c3cc21. The Kier molecular flexibility index (Phi) is 6.34. The lowest BCUT2D eigenvalue weighted by atomic mass is 9.82. The summed E-state index contributed by atoms with van der Waals surface area (Å²) in [6, 6.07) is 41.0. The number of fused-ring (bicyclic) bond motifs is 6. The molecule has 0 aliphatic heterocycles. The van der Waals surface area contributed by atoms with Crippen molar-refractivity contribution in [3.63, 3.8) is 0 Å². The van der Waals surface area contributed by atoms with Crippen LogP contribution in [-0.4, -0.2) is 24.5 Å². The third-order valence-corrected chi connectivity index (χ3v) is 10.3. The molecule has 0 saturated heterocycles. The molecule has 0 amide bonds. The lowest BCUT2D eigenvalue weighted by molar-refractivity contribution is 0.661. The van der Waals surface area contributed by atoms with Crippen LogP contribution in [0.25, 0.3) is 61.1 Å². The Morgan fingerprint density at radius 3 is 1.94 bits per heavy atom. The second-order valence-electron chi connectivity index (χ2n) is 12.4. The highest BCUT2D eigenvalue weighted by molar-refractivity contribution is 7.99. The lowest BCUT2D eigenvalue weighted by Gasteiger charge is -2.22. The molecule has 0 spiro atoms. The minimum absolute atomic E-state index is 0.0970. The van der Waals surface area contributed by atoms with Crippen LogP contribution in [0, 0.1) is 0 Å². The first kappa shape index (κ1) is 27.7. The fraction of sp³-hybridized carbons (Fsp3) is 0.0732. The average Bonchev–Trinajstić information content (AvgIpc) is 3.56. The maximum Gasteiger partial charge on any atom is 0.193 e. The van der Waals surface area contributed by atoms with Crippen LogP contribution < -0.4 is 0 Å². The molecule has 9 rings (SSSR count). The van der Waals surface area contributed by atoms with E-state index in [1.54, 1.807) is 36.5 Å². The molecule has 47 heavy (non-hydrogen) atoms. The molecule has 0 unspecified atom stereocenters. The van der Waals surface area contributed by atoms with Crippen LogP contribution in [0.15, 0.2) is 150 Å². The summed E-state index contributed by atoms with van der Waals surface area (Å²) in [7, 11) is 0. The van der Waals surface area contributed by atoms with Gasteiger partial charge in [0.1, 0.15) is 0 Å². The van der Waals surface area contributed by atoms with Crippen LogP contribution in [0.1, 0.15) is 25.0 Å². The molecular formula is C41H29N5S. The van der Waals surface area contributed by atoms with Crippen molar-refractivity contribution in [1.29, 1.82) is 0 Å². The van der Waals surface area contributed by atoms with E-state index in [0.717, 1.165) is 33.1 Å². The van der Waals surface area contributed by atoms with Gasteiger partial charge in [0, 0.05) is 57.0 Å². The molecule has 0 saturated carbocycles. The summed E-state index contributed by atoms with van der Waals surface area (Å²) < 4.78 is 2.42. The molecule has 0 fully saturated rings. The van der Waals surface area contributed by atoms with Crippen LogP contribution in [0.5, 0.6) is 0 Å². The summed E-state index contributed by atoms with van der Waals surface area (Å²) in [5.41, 5.74) is 12.5. The summed E-state index contributed by atoms with van der Waals surface area (Å²) in [6.07, 6.45) is 7.18.